The van der Waals surface area contributed by atoms with Gasteiger partial charge in [0.15, 0.2) is 0 Å². The number of hydrogen-bond acceptors (Lipinski definition) is 3. The summed E-state index contributed by atoms with van der Waals surface area (Å²) in [6.07, 6.45) is 5.71. The Labute approximate surface area is 137 Å². The third kappa shape index (κ3) is 2.68. The van der Waals surface area contributed by atoms with E-state index in [2.05, 4.69) is 0 Å². The molecule has 0 unspecified atom stereocenters. The second-order valence-corrected chi connectivity index (χ2v) is 8.71. The van der Waals surface area contributed by atoms with Gasteiger partial charge in [-0.25, -0.2) is 8.42 Å². The predicted octanol–water partition coefficient (Wildman–Crippen LogP) is 2.16. The van der Waals surface area contributed by atoms with Gasteiger partial charge in [0.25, 0.3) is 0 Å². The monoisotopic (exact) mass is 334 g/mol. The molecule has 1 saturated heterocycles. The molecule has 0 atom stereocenters. The lowest BCUT2D eigenvalue weighted by molar-refractivity contribution is -0.119. The van der Waals surface area contributed by atoms with Gasteiger partial charge in [-0.1, -0.05) is 6.42 Å². The van der Waals surface area contributed by atoms with E-state index >= 15 is 0 Å². The minimum Gasteiger partial charge on any atom is -0.312 e. The van der Waals surface area contributed by atoms with Gasteiger partial charge in [0.1, 0.15) is 0 Å². The van der Waals surface area contributed by atoms with Crippen molar-refractivity contribution < 1.29 is 13.2 Å². The lowest BCUT2D eigenvalue weighted by atomic mass is 10.2. The van der Waals surface area contributed by atoms with E-state index < -0.39 is 10.0 Å². The van der Waals surface area contributed by atoms with Gasteiger partial charge >= 0.3 is 0 Å². The van der Waals surface area contributed by atoms with Gasteiger partial charge in [0, 0.05) is 31.2 Å². The van der Waals surface area contributed by atoms with E-state index in [1.165, 1.54) is 0 Å². The van der Waals surface area contributed by atoms with Crippen LogP contribution in [-0.2, 0) is 21.2 Å². The first-order valence-electron chi connectivity index (χ1n) is 8.52. The third-order valence-corrected chi connectivity index (χ3v) is 6.99. The van der Waals surface area contributed by atoms with E-state index in [-0.39, 0.29) is 11.8 Å². The van der Waals surface area contributed by atoms with Crippen LogP contribution in [0.1, 0.15) is 37.7 Å². The van der Waals surface area contributed by atoms with Crippen molar-refractivity contribution in [2.45, 2.75) is 43.4 Å². The van der Waals surface area contributed by atoms with Crippen molar-refractivity contribution >= 4 is 21.6 Å². The number of nitrogens with zero attached hydrogens (tertiary/aromatic N) is 2. The van der Waals surface area contributed by atoms with E-state index in [4.69, 9.17) is 0 Å². The Morgan fingerprint density at radius 1 is 1.04 bits per heavy atom. The Morgan fingerprint density at radius 2 is 1.78 bits per heavy atom. The fourth-order valence-corrected chi connectivity index (χ4v) is 5.14. The van der Waals surface area contributed by atoms with Crippen LogP contribution in [0.4, 0.5) is 5.69 Å². The number of piperidine rings is 1. The van der Waals surface area contributed by atoms with E-state index in [0.29, 0.717) is 24.5 Å². The average molecular weight is 334 g/mol. The predicted molar refractivity (Wildman–Crippen MR) is 87.8 cm³/mol. The summed E-state index contributed by atoms with van der Waals surface area (Å²) >= 11 is 0. The summed E-state index contributed by atoms with van der Waals surface area (Å²) in [5, 5.41) is 0. The second-order valence-electron chi connectivity index (χ2n) is 6.77. The number of benzene rings is 1. The molecule has 3 aliphatic rings. The standard InChI is InChI=1S/C17H22N2O3S/c20-17(13-4-5-13)19-11-8-14-12-15(6-7-16(14)19)23(21,22)18-9-2-1-3-10-18/h6-7,12-13H,1-5,8-11H2. The molecule has 1 saturated carbocycles. The molecule has 2 heterocycles. The van der Waals surface area contributed by atoms with Crippen molar-refractivity contribution in [1.82, 2.24) is 4.31 Å². The van der Waals surface area contributed by atoms with Crippen LogP contribution in [0.15, 0.2) is 23.1 Å². The summed E-state index contributed by atoms with van der Waals surface area (Å²) < 4.78 is 27.1. The largest absolute Gasteiger partial charge is 0.312 e. The number of amides is 1. The first kappa shape index (κ1) is 15.1. The molecule has 0 aromatic heterocycles. The molecule has 2 fully saturated rings. The smallest absolute Gasteiger partial charge is 0.243 e. The summed E-state index contributed by atoms with van der Waals surface area (Å²) in [5.41, 5.74) is 1.89. The van der Waals surface area contributed by atoms with Gasteiger partial charge in [-0.2, -0.15) is 4.31 Å². The van der Waals surface area contributed by atoms with Crippen molar-refractivity contribution in [1.29, 1.82) is 0 Å². The number of anilines is 1. The first-order chi connectivity index (χ1) is 11.1. The number of sulfonamides is 1. The zero-order valence-electron chi connectivity index (χ0n) is 13.2. The zero-order chi connectivity index (χ0) is 16.0. The van der Waals surface area contributed by atoms with Crippen LogP contribution in [-0.4, -0.2) is 38.3 Å². The quantitative estimate of drug-likeness (QED) is 0.851. The number of fused-ring (bicyclic) bond motifs is 1. The van der Waals surface area contributed by atoms with Crippen LogP contribution < -0.4 is 4.90 Å². The highest BCUT2D eigenvalue weighted by molar-refractivity contribution is 7.89. The molecule has 6 heteroatoms. The van der Waals surface area contributed by atoms with Crippen molar-refractivity contribution in [3.05, 3.63) is 23.8 Å². The molecular weight excluding hydrogens is 312 g/mol. The van der Waals surface area contributed by atoms with E-state index in [0.717, 1.165) is 49.8 Å². The molecule has 1 amide bonds. The van der Waals surface area contributed by atoms with Crippen LogP contribution in [0.2, 0.25) is 0 Å². The Kier molecular flexibility index (Phi) is 3.69. The lowest BCUT2D eigenvalue weighted by Gasteiger charge is -2.26. The maximum Gasteiger partial charge on any atom is 0.243 e. The number of rotatable bonds is 3. The Balaban J connectivity index is 1.61. The van der Waals surface area contributed by atoms with Crippen LogP contribution in [0.25, 0.3) is 0 Å². The topological polar surface area (TPSA) is 57.7 Å². The summed E-state index contributed by atoms with van der Waals surface area (Å²) in [6, 6.07) is 5.26. The van der Waals surface area contributed by atoms with E-state index in [1.807, 2.05) is 11.0 Å². The highest BCUT2D eigenvalue weighted by Gasteiger charge is 2.37. The second kappa shape index (κ2) is 5.60. The van der Waals surface area contributed by atoms with Crippen LogP contribution in [0.5, 0.6) is 0 Å². The molecule has 4 rings (SSSR count). The molecule has 5 nitrogen and oxygen atoms in total. The van der Waals surface area contributed by atoms with Gasteiger partial charge in [0.2, 0.25) is 15.9 Å². The molecule has 0 bridgehead atoms. The minimum atomic E-state index is -3.40. The summed E-state index contributed by atoms with van der Waals surface area (Å²) in [5.74, 6) is 0.396. The van der Waals surface area contributed by atoms with Crippen LogP contribution >= 0.6 is 0 Å². The van der Waals surface area contributed by atoms with Crippen molar-refractivity contribution in [2.24, 2.45) is 5.92 Å². The molecule has 1 aromatic rings. The van der Waals surface area contributed by atoms with Crippen LogP contribution in [0, 0.1) is 5.92 Å². The molecule has 23 heavy (non-hydrogen) atoms. The van der Waals surface area contributed by atoms with E-state index in [9.17, 15) is 13.2 Å². The zero-order valence-corrected chi connectivity index (χ0v) is 14.0. The number of carbonyl (C=O) groups is 1. The van der Waals surface area contributed by atoms with Gasteiger partial charge in [-0.3, -0.25) is 4.79 Å². The molecule has 0 N–H and O–H groups in total. The lowest BCUT2D eigenvalue weighted by Crippen LogP contribution is -2.35. The van der Waals surface area contributed by atoms with Crippen molar-refractivity contribution in [2.75, 3.05) is 24.5 Å². The highest BCUT2D eigenvalue weighted by Crippen LogP contribution is 2.37. The minimum absolute atomic E-state index is 0.192. The maximum atomic E-state index is 12.8. The molecule has 0 radical (unpaired) electrons. The summed E-state index contributed by atoms with van der Waals surface area (Å²) in [6.45, 7) is 1.91. The molecule has 124 valence electrons. The molecule has 0 spiro atoms. The van der Waals surface area contributed by atoms with Gasteiger partial charge in [0.05, 0.1) is 4.90 Å². The normalized spacial score (nSPS) is 22.2. The first-order valence-corrected chi connectivity index (χ1v) is 9.96. The SMILES string of the molecule is O=C(C1CC1)N1CCc2cc(S(=O)(=O)N3CCCCC3)ccc21. The van der Waals surface area contributed by atoms with Crippen LogP contribution in [0.3, 0.4) is 0 Å². The fraction of sp³-hybridized carbons (Fsp3) is 0.588. The fourth-order valence-electron chi connectivity index (χ4n) is 3.57. The Hall–Kier alpha value is -1.40. The Bertz CT molecular complexity index is 734. The molecule has 2 aliphatic heterocycles. The summed E-state index contributed by atoms with van der Waals surface area (Å²) in [7, 11) is -3.40. The third-order valence-electron chi connectivity index (χ3n) is 5.09. The van der Waals surface area contributed by atoms with Gasteiger partial charge in [-0.05, 0) is 55.9 Å². The van der Waals surface area contributed by atoms with Crippen molar-refractivity contribution in [3.63, 3.8) is 0 Å². The molecule has 1 aliphatic carbocycles. The molecular formula is C17H22N2O3S. The van der Waals surface area contributed by atoms with Crippen molar-refractivity contribution in [3.8, 4) is 0 Å². The van der Waals surface area contributed by atoms with Gasteiger partial charge < -0.3 is 4.90 Å². The maximum absolute atomic E-state index is 12.8. The number of hydrogen-bond donors (Lipinski definition) is 0. The van der Waals surface area contributed by atoms with E-state index in [1.54, 1.807) is 16.4 Å². The molecule has 1 aromatic carbocycles. The Morgan fingerprint density at radius 3 is 2.48 bits per heavy atom. The number of carbonyl (C=O) groups excluding carboxylic acids is 1. The van der Waals surface area contributed by atoms with Gasteiger partial charge in [-0.15, -0.1) is 0 Å². The average Bonchev–Trinajstić information content (AvgIpc) is 3.34. The summed E-state index contributed by atoms with van der Waals surface area (Å²) in [4.78, 5) is 14.5. The highest BCUT2D eigenvalue weighted by atomic mass is 32.2.